The average molecular weight is 200 g/mol. The molecule has 0 radical (unpaired) electrons. The molecule has 1 aromatic carbocycles. The standard InChI is InChI=1S/C13H12O2/c1-9(2)4-5-11-6-7-12-13(10(11)3)15-8-14-12/h6-7H,1,8H2,2-3H3. The predicted octanol–water partition coefficient (Wildman–Crippen LogP) is 2.65. The van der Waals surface area contributed by atoms with Crippen molar-refractivity contribution in [3.63, 3.8) is 0 Å². The largest absolute Gasteiger partial charge is 0.454 e. The molecule has 1 heterocycles. The van der Waals surface area contributed by atoms with Crippen LogP contribution in [0.5, 0.6) is 11.5 Å². The van der Waals surface area contributed by atoms with Crippen LogP contribution in [0.25, 0.3) is 0 Å². The summed E-state index contributed by atoms with van der Waals surface area (Å²) in [5, 5.41) is 0. The van der Waals surface area contributed by atoms with E-state index in [9.17, 15) is 0 Å². The second-order valence-corrected chi connectivity index (χ2v) is 3.50. The van der Waals surface area contributed by atoms with Crippen molar-refractivity contribution in [1.29, 1.82) is 0 Å². The van der Waals surface area contributed by atoms with Crippen LogP contribution in [0.15, 0.2) is 24.3 Å². The van der Waals surface area contributed by atoms with Gasteiger partial charge in [-0.15, -0.1) is 0 Å². The highest BCUT2D eigenvalue weighted by atomic mass is 16.7. The monoisotopic (exact) mass is 200 g/mol. The Morgan fingerprint density at radius 1 is 1.40 bits per heavy atom. The van der Waals surface area contributed by atoms with E-state index in [0.29, 0.717) is 6.79 Å². The fourth-order valence-electron chi connectivity index (χ4n) is 1.42. The molecule has 0 N–H and O–H groups in total. The number of hydrogen-bond donors (Lipinski definition) is 0. The van der Waals surface area contributed by atoms with Crippen LogP contribution >= 0.6 is 0 Å². The van der Waals surface area contributed by atoms with Crippen molar-refractivity contribution in [3.05, 3.63) is 35.4 Å². The Kier molecular flexibility index (Phi) is 2.39. The van der Waals surface area contributed by atoms with Crippen LogP contribution in [0.2, 0.25) is 0 Å². The molecular weight excluding hydrogens is 188 g/mol. The molecule has 0 bridgehead atoms. The van der Waals surface area contributed by atoms with E-state index in [1.165, 1.54) is 0 Å². The van der Waals surface area contributed by atoms with Crippen molar-refractivity contribution in [2.75, 3.05) is 6.79 Å². The van der Waals surface area contributed by atoms with Crippen molar-refractivity contribution in [2.24, 2.45) is 0 Å². The van der Waals surface area contributed by atoms with Gasteiger partial charge in [0.1, 0.15) is 0 Å². The fraction of sp³-hybridized carbons (Fsp3) is 0.231. The van der Waals surface area contributed by atoms with Gasteiger partial charge in [0.25, 0.3) is 0 Å². The molecule has 0 aromatic heterocycles. The summed E-state index contributed by atoms with van der Waals surface area (Å²) < 4.78 is 10.6. The summed E-state index contributed by atoms with van der Waals surface area (Å²) in [4.78, 5) is 0. The maximum Gasteiger partial charge on any atom is 0.231 e. The van der Waals surface area contributed by atoms with Gasteiger partial charge in [-0.25, -0.2) is 0 Å². The Balaban J connectivity index is 2.44. The van der Waals surface area contributed by atoms with Gasteiger partial charge in [-0.3, -0.25) is 0 Å². The number of benzene rings is 1. The van der Waals surface area contributed by atoms with Gasteiger partial charge < -0.3 is 9.47 Å². The Hall–Kier alpha value is -1.88. The van der Waals surface area contributed by atoms with Gasteiger partial charge in [0.15, 0.2) is 11.5 Å². The summed E-state index contributed by atoms with van der Waals surface area (Å²) in [5.74, 6) is 7.62. The highest BCUT2D eigenvalue weighted by Gasteiger charge is 2.16. The minimum absolute atomic E-state index is 0.299. The molecule has 0 spiro atoms. The van der Waals surface area contributed by atoms with Crippen LogP contribution < -0.4 is 9.47 Å². The summed E-state index contributed by atoms with van der Waals surface area (Å²) in [6.07, 6.45) is 0. The van der Waals surface area contributed by atoms with Gasteiger partial charge in [-0.05, 0) is 31.6 Å². The summed E-state index contributed by atoms with van der Waals surface area (Å²) in [7, 11) is 0. The van der Waals surface area contributed by atoms with Gasteiger partial charge in [0.05, 0.1) is 0 Å². The predicted molar refractivity (Wildman–Crippen MR) is 59.0 cm³/mol. The van der Waals surface area contributed by atoms with Crippen molar-refractivity contribution in [1.82, 2.24) is 0 Å². The Bertz CT molecular complexity index is 475. The normalized spacial score (nSPS) is 11.9. The maximum absolute atomic E-state index is 5.36. The minimum Gasteiger partial charge on any atom is -0.454 e. The first-order chi connectivity index (χ1) is 7.18. The molecule has 0 saturated carbocycles. The van der Waals surface area contributed by atoms with Gasteiger partial charge in [-0.2, -0.15) is 0 Å². The molecule has 2 rings (SSSR count). The number of fused-ring (bicyclic) bond motifs is 1. The second kappa shape index (κ2) is 3.70. The third kappa shape index (κ3) is 1.82. The van der Waals surface area contributed by atoms with Gasteiger partial charge >= 0.3 is 0 Å². The quantitative estimate of drug-likeness (QED) is 0.599. The fourth-order valence-corrected chi connectivity index (χ4v) is 1.42. The van der Waals surface area contributed by atoms with Crippen LogP contribution in [0.4, 0.5) is 0 Å². The number of rotatable bonds is 0. The maximum atomic E-state index is 5.36. The van der Waals surface area contributed by atoms with Gasteiger partial charge in [0.2, 0.25) is 6.79 Å². The van der Waals surface area contributed by atoms with Crippen molar-refractivity contribution in [3.8, 4) is 23.3 Å². The highest BCUT2D eigenvalue weighted by Crippen LogP contribution is 2.36. The van der Waals surface area contributed by atoms with E-state index in [1.807, 2.05) is 26.0 Å². The van der Waals surface area contributed by atoms with Crippen LogP contribution in [-0.2, 0) is 0 Å². The molecule has 0 fully saturated rings. The van der Waals surface area contributed by atoms with Crippen molar-refractivity contribution < 1.29 is 9.47 Å². The molecule has 0 atom stereocenters. The van der Waals surface area contributed by atoms with Gasteiger partial charge in [-0.1, -0.05) is 18.4 Å². The van der Waals surface area contributed by atoms with E-state index < -0.39 is 0 Å². The van der Waals surface area contributed by atoms with Crippen molar-refractivity contribution in [2.45, 2.75) is 13.8 Å². The van der Waals surface area contributed by atoms with E-state index in [1.54, 1.807) is 0 Å². The van der Waals surface area contributed by atoms with Crippen LogP contribution in [-0.4, -0.2) is 6.79 Å². The lowest BCUT2D eigenvalue weighted by Crippen LogP contribution is -1.93. The summed E-state index contributed by atoms with van der Waals surface area (Å²) >= 11 is 0. The topological polar surface area (TPSA) is 18.5 Å². The minimum atomic E-state index is 0.299. The van der Waals surface area contributed by atoms with E-state index in [-0.39, 0.29) is 0 Å². The first-order valence-electron chi connectivity index (χ1n) is 4.75. The lowest BCUT2D eigenvalue weighted by atomic mass is 10.1. The third-order valence-corrected chi connectivity index (χ3v) is 2.20. The average Bonchev–Trinajstić information content (AvgIpc) is 2.65. The lowest BCUT2D eigenvalue weighted by molar-refractivity contribution is 0.173. The van der Waals surface area contributed by atoms with Crippen LogP contribution in [0, 0.1) is 18.8 Å². The zero-order chi connectivity index (χ0) is 10.8. The Morgan fingerprint density at radius 2 is 2.20 bits per heavy atom. The van der Waals surface area contributed by atoms with Crippen LogP contribution in [0.3, 0.4) is 0 Å². The highest BCUT2D eigenvalue weighted by molar-refractivity contribution is 5.56. The second-order valence-electron chi connectivity index (χ2n) is 3.50. The molecule has 76 valence electrons. The van der Waals surface area contributed by atoms with E-state index in [2.05, 4.69) is 18.4 Å². The molecule has 0 aliphatic carbocycles. The first-order valence-corrected chi connectivity index (χ1v) is 4.75. The molecule has 2 heteroatoms. The molecule has 2 nitrogen and oxygen atoms in total. The Morgan fingerprint density at radius 3 is 2.93 bits per heavy atom. The van der Waals surface area contributed by atoms with Crippen LogP contribution in [0.1, 0.15) is 18.1 Å². The Labute approximate surface area is 89.5 Å². The summed E-state index contributed by atoms with van der Waals surface area (Å²) in [6, 6.07) is 3.83. The number of hydrogen-bond acceptors (Lipinski definition) is 2. The summed E-state index contributed by atoms with van der Waals surface area (Å²) in [5.41, 5.74) is 2.84. The first kappa shape index (κ1) is 9.67. The third-order valence-electron chi connectivity index (χ3n) is 2.20. The molecule has 1 aliphatic rings. The molecule has 15 heavy (non-hydrogen) atoms. The zero-order valence-electron chi connectivity index (χ0n) is 8.89. The van der Waals surface area contributed by atoms with E-state index in [4.69, 9.17) is 9.47 Å². The van der Waals surface area contributed by atoms with Gasteiger partial charge in [0, 0.05) is 11.1 Å². The van der Waals surface area contributed by atoms with E-state index in [0.717, 1.165) is 28.2 Å². The summed E-state index contributed by atoms with van der Waals surface area (Å²) in [6.45, 7) is 7.91. The molecule has 0 amide bonds. The lowest BCUT2D eigenvalue weighted by Gasteiger charge is -2.02. The number of ether oxygens (including phenoxy) is 2. The SMILES string of the molecule is C=C(C)C#Cc1ccc2c(c1C)OCO2. The smallest absolute Gasteiger partial charge is 0.231 e. The molecular formula is C13H12O2. The van der Waals surface area contributed by atoms with E-state index >= 15 is 0 Å². The zero-order valence-corrected chi connectivity index (χ0v) is 8.89. The molecule has 1 aliphatic heterocycles. The molecule has 0 saturated heterocycles. The van der Waals surface area contributed by atoms with Crippen molar-refractivity contribution >= 4 is 0 Å². The molecule has 1 aromatic rings. The number of allylic oxidation sites excluding steroid dienone is 1. The molecule has 0 unspecified atom stereocenters.